The molecule has 23 heavy (non-hydrogen) atoms. The lowest BCUT2D eigenvalue weighted by molar-refractivity contribution is 0.481. The SMILES string of the molecule is Nc1ccc(N)c(S(=O)(=O)O)c1.Nc1ccc(S(=O)(=O)O)cc1. The molecule has 0 aliphatic heterocycles. The van der Waals surface area contributed by atoms with Gasteiger partial charge in [0.1, 0.15) is 4.90 Å². The van der Waals surface area contributed by atoms with Gasteiger partial charge in [0.25, 0.3) is 20.2 Å². The fourth-order valence-electron chi connectivity index (χ4n) is 1.41. The van der Waals surface area contributed by atoms with E-state index in [1.807, 2.05) is 0 Å². The van der Waals surface area contributed by atoms with Gasteiger partial charge in [-0.1, -0.05) is 0 Å². The van der Waals surface area contributed by atoms with Crippen molar-refractivity contribution < 1.29 is 25.9 Å². The van der Waals surface area contributed by atoms with Crippen LogP contribution in [0.2, 0.25) is 0 Å². The molecule has 0 bridgehead atoms. The Labute approximate surface area is 133 Å². The maximum absolute atomic E-state index is 10.6. The maximum atomic E-state index is 10.6. The van der Waals surface area contributed by atoms with E-state index in [2.05, 4.69) is 0 Å². The number of nitrogen functional groups attached to an aromatic ring is 3. The van der Waals surface area contributed by atoms with Crippen LogP contribution in [-0.2, 0) is 20.2 Å². The summed E-state index contributed by atoms with van der Waals surface area (Å²) in [5, 5.41) is 0. The fraction of sp³-hybridized carbons (Fsp3) is 0. The molecule has 0 atom stereocenters. The van der Waals surface area contributed by atoms with Gasteiger partial charge in [-0.25, -0.2) is 0 Å². The minimum Gasteiger partial charge on any atom is -0.399 e. The zero-order chi connectivity index (χ0) is 17.8. The second kappa shape index (κ2) is 6.83. The van der Waals surface area contributed by atoms with E-state index < -0.39 is 20.2 Å². The van der Waals surface area contributed by atoms with Gasteiger partial charge in [-0.3, -0.25) is 9.11 Å². The van der Waals surface area contributed by atoms with Crippen molar-refractivity contribution in [3.63, 3.8) is 0 Å². The average molecular weight is 361 g/mol. The van der Waals surface area contributed by atoms with Crippen LogP contribution in [0.5, 0.6) is 0 Å². The summed E-state index contributed by atoms with van der Waals surface area (Å²) < 4.78 is 59.3. The molecule has 0 spiro atoms. The Morgan fingerprint density at radius 2 is 1.17 bits per heavy atom. The average Bonchev–Trinajstić information content (AvgIpc) is 2.40. The van der Waals surface area contributed by atoms with Crippen LogP contribution in [-0.4, -0.2) is 25.9 Å². The summed E-state index contributed by atoms with van der Waals surface area (Å²) in [6.07, 6.45) is 0. The van der Waals surface area contributed by atoms with E-state index in [4.69, 9.17) is 26.3 Å². The molecule has 2 rings (SSSR count). The Balaban J connectivity index is 0.000000231. The summed E-state index contributed by atoms with van der Waals surface area (Å²) in [6, 6.07) is 9.16. The topological polar surface area (TPSA) is 187 Å². The van der Waals surface area contributed by atoms with E-state index >= 15 is 0 Å². The van der Waals surface area contributed by atoms with Gasteiger partial charge >= 0.3 is 0 Å². The molecule has 0 fully saturated rings. The second-order valence-corrected chi connectivity index (χ2v) is 7.13. The van der Waals surface area contributed by atoms with Crippen molar-refractivity contribution >= 4 is 37.3 Å². The zero-order valence-electron chi connectivity index (χ0n) is 11.6. The van der Waals surface area contributed by atoms with Gasteiger partial charge in [-0.2, -0.15) is 16.8 Å². The maximum Gasteiger partial charge on any atom is 0.296 e. The second-order valence-electron chi connectivity index (χ2n) is 4.32. The molecule has 0 heterocycles. The molecular formula is C12H15N3O6S2. The van der Waals surface area contributed by atoms with Crippen molar-refractivity contribution in [2.45, 2.75) is 9.79 Å². The standard InChI is InChI=1S/C6H8N2O3S.C6H7NO3S/c7-4-1-2-5(8)6(3-4)12(9,10)11;7-5-1-3-6(4-2-5)11(8,9)10/h1-3H,7-8H2,(H,9,10,11);1-4H,7H2,(H,8,9,10). The molecule has 8 N–H and O–H groups in total. The third-order valence-electron chi connectivity index (χ3n) is 2.49. The van der Waals surface area contributed by atoms with Crippen molar-refractivity contribution in [1.29, 1.82) is 0 Å². The highest BCUT2D eigenvalue weighted by molar-refractivity contribution is 7.86. The number of anilines is 3. The van der Waals surface area contributed by atoms with Crippen LogP contribution in [0.1, 0.15) is 0 Å². The van der Waals surface area contributed by atoms with E-state index in [1.54, 1.807) is 0 Å². The first kappa shape index (κ1) is 18.7. The normalized spacial score (nSPS) is 11.4. The fourth-order valence-corrected chi connectivity index (χ4v) is 2.55. The number of benzene rings is 2. The Hall–Kier alpha value is -2.34. The van der Waals surface area contributed by atoms with Gasteiger partial charge in [-0.15, -0.1) is 0 Å². The summed E-state index contributed by atoms with van der Waals surface area (Å²) in [5.41, 5.74) is 16.5. The zero-order valence-corrected chi connectivity index (χ0v) is 13.3. The number of rotatable bonds is 2. The van der Waals surface area contributed by atoms with Gasteiger partial charge in [0.2, 0.25) is 0 Å². The summed E-state index contributed by atoms with van der Waals surface area (Å²) >= 11 is 0. The van der Waals surface area contributed by atoms with Crippen molar-refractivity contribution in [1.82, 2.24) is 0 Å². The molecule has 2 aromatic rings. The predicted octanol–water partition coefficient (Wildman–Crippen LogP) is 0.613. The molecule has 0 saturated heterocycles. The molecule has 11 heteroatoms. The van der Waals surface area contributed by atoms with Gasteiger partial charge in [0, 0.05) is 11.4 Å². The highest BCUT2D eigenvalue weighted by atomic mass is 32.2. The van der Waals surface area contributed by atoms with Gasteiger partial charge in [0.05, 0.1) is 10.6 Å². The molecule has 9 nitrogen and oxygen atoms in total. The molecule has 0 radical (unpaired) electrons. The summed E-state index contributed by atoms with van der Waals surface area (Å²) in [7, 11) is -8.34. The van der Waals surface area contributed by atoms with Crippen molar-refractivity contribution in [2.24, 2.45) is 0 Å². The van der Waals surface area contributed by atoms with Gasteiger partial charge in [-0.05, 0) is 42.5 Å². The van der Waals surface area contributed by atoms with Crippen molar-refractivity contribution in [2.75, 3.05) is 17.2 Å². The first-order valence-corrected chi connectivity index (χ1v) is 8.75. The molecule has 0 saturated carbocycles. The lowest BCUT2D eigenvalue weighted by Gasteiger charge is -2.02. The monoisotopic (exact) mass is 361 g/mol. The van der Waals surface area contributed by atoms with Crippen molar-refractivity contribution in [3.8, 4) is 0 Å². The minimum absolute atomic E-state index is 0.0216. The molecule has 2 aromatic carbocycles. The number of hydrogen-bond donors (Lipinski definition) is 5. The number of nitrogens with two attached hydrogens (primary N) is 3. The molecule has 0 aliphatic rings. The highest BCUT2D eigenvalue weighted by Gasteiger charge is 2.13. The molecule has 0 unspecified atom stereocenters. The van der Waals surface area contributed by atoms with Crippen LogP contribution in [0.15, 0.2) is 52.3 Å². The Morgan fingerprint density at radius 3 is 1.57 bits per heavy atom. The van der Waals surface area contributed by atoms with Crippen molar-refractivity contribution in [3.05, 3.63) is 42.5 Å². The minimum atomic E-state index is -4.26. The van der Waals surface area contributed by atoms with E-state index in [0.29, 0.717) is 5.69 Å². The van der Waals surface area contributed by atoms with Gasteiger partial charge < -0.3 is 17.2 Å². The van der Waals surface area contributed by atoms with Crippen LogP contribution in [0.25, 0.3) is 0 Å². The Kier molecular flexibility index (Phi) is 5.56. The molecule has 0 aromatic heterocycles. The van der Waals surface area contributed by atoms with Crippen LogP contribution >= 0.6 is 0 Å². The molecule has 0 amide bonds. The third kappa shape index (κ3) is 5.75. The van der Waals surface area contributed by atoms with E-state index in [9.17, 15) is 16.8 Å². The van der Waals surface area contributed by atoms with Crippen LogP contribution < -0.4 is 17.2 Å². The lowest BCUT2D eigenvalue weighted by Crippen LogP contribution is -2.03. The Bertz CT molecular complexity index is 893. The van der Waals surface area contributed by atoms with Crippen LogP contribution in [0.3, 0.4) is 0 Å². The quantitative estimate of drug-likeness (QED) is 0.377. The molecule has 0 aliphatic carbocycles. The van der Waals surface area contributed by atoms with E-state index in [0.717, 1.165) is 6.07 Å². The predicted molar refractivity (Wildman–Crippen MR) is 85.8 cm³/mol. The Morgan fingerprint density at radius 1 is 0.696 bits per heavy atom. The highest BCUT2D eigenvalue weighted by Crippen LogP contribution is 2.20. The summed E-state index contributed by atoms with van der Waals surface area (Å²) in [5.74, 6) is 0. The molecular weight excluding hydrogens is 346 g/mol. The largest absolute Gasteiger partial charge is 0.399 e. The lowest BCUT2D eigenvalue weighted by atomic mass is 10.3. The summed E-state index contributed by atoms with van der Waals surface area (Å²) in [4.78, 5) is -0.505. The van der Waals surface area contributed by atoms with Crippen LogP contribution in [0, 0.1) is 0 Å². The van der Waals surface area contributed by atoms with E-state index in [1.165, 1.54) is 36.4 Å². The number of hydrogen-bond acceptors (Lipinski definition) is 7. The first-order chi connectivity index (χ1) is 10.4. The van der Waals surface area contributed by atoms with Gasteiger partial charge in [0.15, 0.2) is 0 Å². The third-order valence-corrected chi connectivity index (χ3v) is 4.27. The van der Waals surface area contributed by atoms with E-state index in [-0.39, 0.29) is 21.2 Å². The first-order valence-electron chi connectivity index (χ1n) is 5.87. The van der Waals surface area contributed by atoms with Crippen LogP contribution in [0.4, 0.5) is 17.1 Å². The smallest absolute Gasteiger partial charge is 0.296 e. The summed E-state index contributed by atoms with van der Waals surface area (Å²) in [6.45, 7) is 0. The molecule has 126 valence electrons.